The molecule has 0 fully saturated rings. The third kappa shape index (κ3) is 4.34. The van der Waals surface area contributed by atoms with Crippen LogP contribution in [0.3, 0.4) is 0 Å². The predicted octanol–water partition coefficient (Wildman–Crippen LogP) is 4.23. The first-order chi connectivity index (χ1) is 8.58. The van der Waals surface area contributed by atoms with Gasteiger partial charge >= 0.3 is 0 Å². The largest absolute Gasteiger partial charge is 0.490 e. The molecule has 18 heavy (non-hydrogen) atoms. The number of hydrogen-bond acceptors (Lipinski definition) is 2. The zero-order chi connectivity index (χ0) is 13.5. The van der Waals surface area contributed by atoms with Crippen LogP contribution >= 0.6 is 0 Å². The van der Waals surface area contributed by atoms with Crippen LogP contribution in [0.15, 0.2) is 18.2 Å². The smallest absolute Gasteiger partial charge is 0.124 e. The molecule has 1 aromatic carbocycles. The van der Waals surface area contributed by atoms with Gasteiger partial charge in [0.15, 0.2) is 0 Å². The van der Waals surface area contributed by atoms with Gasteiger partial charge in [0.05, 0.1) is 6.10 Å². The molecule has 102 valence electrons. The monoisotopic (exact) mass is 249 g/mol. The number of benzene rings is 1. The Morgan fingerprint density at radius 2 is 1.94 bits per heavy atom. The van der Waals surface area contributed by atoms with E-state index in [9.17, 15) is 0 Å². The lowest BCUT2D eigenvalue weighted by molar-refractivity contribution is 0.206. The predicted molar refractivity (Wildman–Crippen MR) is 78.3 cm³/mol. The molecule has 0 aliphatic rings. The van der Waals surface area contributed by atoms with Crippen LogP contribution in [-0.4, -0.2) is 12.6 Å². The van der Waals surface area contributed by atoms with Crippen LogP contribution in [0.5, 0.6) is 5.75 Å². The van der Waals surface area contributed by atoms with Gasteiger partial charge in [-0.25, -0.2) is 0 Å². The summed E-state index contributed by atoms with van der Waals surface area (Å²) >= 11 is 0. The van der Waals surface area contributed by atoms with Crippen LogP contribution in [-0.2, 0) is 0 Å². The van der Waals surface area contributed by atoms with Crippen molar-refractivity contribution in [2.24, 2.45) is 0 Å². The second kappa shape index (κ2) is 7.42. The van der Waals surface area contributed by atoms with Gasteiger partial charge in [-0.1, -0.05) is 38.0 Å². The Morgan fingerprint density at radius 1 is 1.22 bits per heavy atom. The summed E-state index contributed by atoms with van der Waals surface area (Å²) in [4.78, 5) is 0. The highest BCUT2D eigenvalue weighted by Gasteiger charge is 2.13. The first-order valence-electron chi connectivity index (χ1n) is 7.09. The van der Waals surface area contributed by atoms with Gasteiger partial charge in [0.25, 0.3) is 0 Å². The minimum atomic E-state index is 0.283. The molecule has 0 aliphatic heterocycles. The fourth-order valence-corrected chi connectivity index (χ4v) is 2.21. The molecule has 1 aromatic rings. The van der Waals surface area contributed by atoms with Gasteiger partial charge in [-0.3, -0.25) is 0 Å². The lowest BCUT2D eigenvalue weighted by atomic mass is 10.0. The minimum Gasteiger partial charge on any atom is -0.490 e. The minimum absolute atomic E-state index is 0.283. The van der Waals surface area contributed by atoms with E-state index in [1.165, 1.54) is 11.1 Å². The average Bonchev–Trinajstić information content (AvgIpc) is 2.32. The fourth-order valence-electron chi connectivity index (χ4n) is 2.21. The molecule has 0 aliphatic carbocycles. The first kappa shape index (κ1) is 15.0. The van der Waals surface area contributed by atoms with Crippen molar-refractivity contribution in [2.45, 2.75) is 59.6 Å². The maximum atomic E-state index is 6.07. The summed E-state index contributed by atoms with van der Waals surface area (Å²) in [6, 6.07) is 6.78. The maximum absolute atomic E-state index is 6.07. The van der Waals surface area contributed by atoms with Gasteiger partial charge in [-0.05, 0) is 39.8 Å². The molecule has 0 saturated carbocycles. The second-order valence-corrected chi connectivity index (χ2v) is 5.04. The van der Waals surface area contributed by atoms with E-state index < -0.39 is 0 Å². The highest BCUT2D eigenvalue weighted by atomic mass is 16.5. The Kier molecular flexibility index (Phi) is 6.20. The molecule has 0 spiro atoms. The zero-order valence-electron chi connectivity index (χ0n) is 12.4. The van der Waals surface area contributed by atoms with Crippen molar-refractivity contribution in [3.63, 3.8) is 0 Å². The van der Waals surface area contributed by atoms with Gasteiger partial charge in [-0.15, -0.1) is 0 Å². The van der Waals surface area contributed by atoms with Gasteiger partial charge in [-0.2, -0.15) is 0 Å². The molecule has 2 unspecified atom stereocenters. The Bertz CT molecular complexity index is 362. The fraction of sp³-hybridized carbons (Fsp3) is 0.625. The molecule has 2 atom stereocenters. The van der Waals surface area contributed by atoms with Crippen molar-refractivity contribution in [1.29, 1.82) is 0 Å². The molecular formula is C16H27NO. The van der Waals surface area contributed by atoms with E-state index in [4.69, 9.17) is 4.74 Å². The molecule has 1 rings (SSSR count). The number of nitrogens with one attached hydrogen (secondary N) is 1. The number of aryl methyl sites for hydroxylation is 1. The summed E-state index contributed by atoms with van der Waals surface area (Å²) in [6.45, 7) is 11.8. The molecular weight excluding hydrogens is 222 g/mol. The topological polar surface area (TPSA) is 21.3 Å². The molecule has 0 amide bonds. The molecule has 1 N–H and O–H groups in total. The van der Waals surface area contributed by atoms with E-state index in [2.05, 4.69) is 58.1 Å². The maximum Gasteiger partial charge on any atom is 0.124 e. The first-order valence-corrected chi connectivity index (χ1v) is 7.09. The van der Waals surface area contributed by atoms with Gasteiger partial charge < -0.3 is 10.1 Å². The van der Waals surface area contributed by atoms with Crippen molar-refractivity contribution in [3.05, 3.63) is 29.3 Å². The van der Waals surface area contributed by atoms with E-state index in [0.717, 1.165) is 25.1 Å². The highest BCUT2D eigenvalue weighted by Crippen LogP contribution is 2.27. The van der Waals surface area contributed by atoms with E-state index in [1.54, 1.807) is 0 Å². The van der Waals surface area contributed by atoms with E-state index in [1.807, 2.05) is 0 Å². The summed E-state index contributed by atoms with van der Waals surface area (Å²) in [5, 5.41) is 3.45. The van der Waals surface area contributed by atoms with Gasteiger partial charge in [0.1, 0.15) is 5.75 Å². The third-order valence-electron chi connectivity index (χ3n) is 3.17. The number of ether oxygens (including phenoxy) is 1. The summed E-state index contributed by atoms with van der Waals surface area (Å²) in [5.74, 6) is 1.02. The van der Waals surface area contributed by atoms with Crippen molar-refractivity contribution in [2.75, 3.05) is 6.54 Å². The third-order valence-corrected chi connectivity index (χ3v) is 3.17. The molecule has 0 aromatic heterocycles. The average molecular weight is 249 g/mol. The van der Waals surface area contributed by atoms with Crippen molar-refractivity contribution < 1.29 is 4.74 Å². The summed E-state index contributed by atoms with van der Waals surface area (Å²) in [5.41, 5.74) is 2.55. The summed E-state index contributed by atoms with van der Waals surface area (Å²) in [6.07, 6.45) is 2.54. The quantitative estimate of drug-likeness (QED) is 0.780. The van der Waals surface area contributed by atoms with E-state index in [-0.39, 0.29) is 6.10 Å². The standard InChI is InChI=1S/C16H27NO/c1-6-8-13(4)18-16-10-9-12(3)11-15(16)14(5)17-7-2/h9-11,13-14,17H,6-8H2,1-5H3. The Hall–Kier alpha value is -1.02. The second-order valence-electron chi connectivity index (χ2n) is 5.04. The lowest BCUT2D eigenvalue weighted by Gasteiger charge is -2.21. The zero-order valence-corrected chi connectivity index (χ0v) is 12.4. The molecule has 0 saturated heterocycles. The van der Waals surface area contributed by atoms with Gasteiger partial charge in [0.2, 0.25) is 0 Å². The normalized spacial score (nSPS) is 14.3. The number of hydrogen-bond donors (Lipinski definition) is 1. The molecule has 0 heterocycles. The van der Waals surface area contributed by atoms with Gasteiger partial charge in [0, 0.05) is 11.6 Å². The van der Waals surface area contributed by atoms with Crippen molar-refractivity contribution in [1.82, 2.24) is 5.32 Å². The Morgan fingerprint density at radius 3 is 2.56 bits per heavy atom. The van der Waals surface area contributed by atoms with E-state index in [0.29, 0.717) is 6.04 Å². The van der Waals surface area contributed by atoms with Crippen molar-refractivity contribution >= 4 is 0 Å². The van der Waals surface area contributed by atoms with Crippen LogP contribution < -0.4 is 10.1 Å². The summed E-state index contributed by atoms with van der Waals surface area (Å²) in [7, 11) is 0. The van der Waals surface area contributed by atoms with Crippen LogP contribution in [0.25, 0.3) is 0 Å². The van der Waals surface area contributed by atoms with Crippen LogP contribution in [0.1, 0.15) is 57.7 Å². The van der Waals surface area contributed by atoms with Crippen LogP contribution in [0, 0.1) is 6.92 Å². The lowest BCUT2D eigenvalue weighted by Crippen LogP contribution is -2.20. The highest BCUT2D eigenvalue weighted by molar-refractivity contribution is 5.39. The summed E-state index contributed by atoms with van der Waals surface area (Å²) < 4.78 is 6.07. The molecule has 0 bridgehead atoms. The number of rotatable bonds is 7. The van der Waals surface area contributed by atoms with Crippen molar-refractivity contribution in [3.8, 4) is 5.75 Å². The van der Waals surface area contributed by atoms with Crippen LogP contribution in [0.4, 0.5) is 0 Å². The SMILES string of the molecule is CCCC(C)Oc1ccc(C)cc1C(C)NCC. The molecule has 0 radical (unpaired) electrons. The Balaban J connectivity index is 2.88. The molecule has 2 heteroatoms. The van der Waals surface area contributed by atoms with Crippen LogP contribution in [0.2, 0.25) is 0 Å². The Labute approximate surface area is 112 Å². The van der Waals surface area contributed by atoms with E-state index >= 15 is 0 Å². The molecule has 2 nitrogen and oxygen atoms in total.